The smallest absolute Gasteiger partial charge is 0.128 e. The molecule has 1 rings (SSSR count). The fraction of sp³-hybridized carbons (Fsp3) is 0.273. The van der Waals surface area contributed by atoms with Crippen LogP contribution in [0.2, 0.25) is 0 Å². The maximum absolute atomic E-state index is 13.0. The molecule has 0 fully saturated rings. The van der Waals surface area contributed by atoms with Crippen LogP contribution in [0.5, 0.6) is 5.75 Å². The van der Waals surface area contributed by atoms with Gasteiger partial charge in [-0.1, -0.05) is 11.8 Å². The number of rotatable bonds is 2. The highest BCUT2D eigenvalue weighted by Gasteiger charge is 1.98. The predicted octanol–water partition coefficient (Wildman–Crippen LogP) is 1.53. The summed E-state index contributed by atoms with van der Waals surface area (Å²) in [6.07, 6.45) is 0. The van der Waals surface area contributed by atoms with Crippen molar-refractivity contribution in [3.05, 3.63) is 29.6 Å². The molecule has 2 N–H and O–H groups in total. The summed E-state index contributed by atoms with van der Waals surface area (Å²) < 4.78 is 18.2. The van der Waals surface area contributed by atoms with Crippen LogP contribution in [-0.4, -0.2) is 13.2 Å². The van der Waals surface area contributed by atoms with Crippen molar-refractivity contribution in [2.75, 3.05) is 13.2 Å². The maximum atomic E-state index is 13.0. The summed E-state index contributed by atoms with van der Waals surface area (Å²) in [5, 5.41) is 0. The van der Waals surface area contributed by atoms with Crippen LogP contribution in [0.3, 0.4) is 0 Å². The Balaban J connectivity index is 2.94. The van der Waals surface area contributed by atoms with E-state index in [-0.39, 0.29) is 12.4 Å². The van der Waals surface area contributed by atoms with Crippen LogP contribution < -0.4 is 10.5 Å². The van der Waals surface area contributed by atoms with Gasteiger partial charge in [0.2, 0.25) is 0 Å². The summed E-state index contributed by atoms with van der Waals surface area (Å²) in [6, 6.07) is 4.37. The minimum absolute atomic E-state index is 0.264. The van der Waals surface area contributed by atoms with Gasteiger partial charge in [0, 0.05) is 11.6 Å². The predicted molar refractivity (Wildman–Crippen MR) is 53.5 cm³/mol. The molecule has 3 heteroatoms. The van der Waals surface area contributed by atoms with E-state index in [0.717, 1.165) is 0 Å². The summed E-state index contributed by atoms with van der Waals surface area (Å²) >= 11 is 0. The molecule has 0 saturated carbocycles. The van der Waals surface area contributed by atoms with Crippen molar-refractivity contribution in [3.8, 4) is 17.6 Å². The van der Waals surface area contributed by atoms with Gasteiger partial charge in [0.15, 0.2) is 0 Å². The van der Waals surface area contributed by atoms with Crippen molar-refractivity contribution in [2.24, 2.45) is 5.73 Å². The van der Waals surface area contributed by atoms with E-state index in [0.29, 0.717) is 17.9 Å². The van der Waals surface area contributed by atoms with Gasteiger partial charge in [-0.3, -0.25) is 0 Å². The molecular formula is C11H12FNO. The number of halogens is 1. The molecule has 0 heterocycles. The molecular weight excluding hydrogens is 181 g/mol. The highest BCUT2D eigenvalue weighted by molar-refractivity contribution is 5.40. The molecule has 2 nitrogen and oxygen atoms in total. The molecule has 0 unspecified atom stereocenters. The van der Waals surface area contributed by atoms with Gasteiger partial charge in [0.25, 0.3) is 0 Å². The van der Waals surface area contributed by atoms with E-state index in [1.165, 1.54) is 12.1 Å². The van der Waals surface area contributed by atoms with E-state index in [9.17, 15) is 4.39 Å². The average Bonchev–Trinajstić information content (AvgIpc) is 2.14. The van der Waals surface area contributed by atoms with Crippen LogP contribution in [-0.2, 0) is 0 Å². The van der Waals surface area contributed by atoms with Crippen LogP contribution in [0, 0.1) is 17.7 Å². The van der Waals surface area contributed by atoms with E-state index in [1.807, 2.05) is 6.92 Å². The van der Waals surface area contributed by atoms with Gasteiger partial charge in [-0.25, -0.2) is 4.39 Å². The van der Waals surface area contributed by atoms with Crippen molar-refractivity contribution in [2.45, 2.75) is 6.92 Å². The van der Waals surface area contributed by atoms with Crippen LogP contribution >= 0.6 is 0 Å². The highest BCUT2D eigenvalue weighted by Crippen LogP contribution is 2.15. The Kier molecular flexibility index (Phi) is 3.96. The second-order valence-corrected chi connectivity index (χ2v) is 2.61. The number of nitrogens with two attached hydrogens (primary N) is 1. The number of benzene rings is 1. The third-order valence-corrected chi connectivity index (χ3v) is 1.52. The molecule has 0 radical (unpaired) electrons. The molecule has 0 amide bonds. The number of ether oxygens (including phenoxy) is 1. The maximum Gasteiger partial charge on any atom is 0.128 e. The quantitative estimate of drug-likeness (QED) is 0.723. The lowest BCUT2D eigenvalue weighted by Crippen LogP contribution is -1.94. The fourth-order valence-electron chi connectivity index (χ4n) is 1.04. The Morgan fingerprint density at radius 3 is 2.86 bits per heavy atom. The van der Waals surface area contributed by atoms with Gasteiger partial charge >= 0.3 is 0 Å². The first-order chi connectivity index (χ1) is 6.76. The lowest BCUT2D eigenvalue weighted by atomic mass is 10.2. The summed E-state index contributed by atoms with van der Waals surface area (Å²) in [4.78, 5) is 0. The Morgan fingerprint density at radius 1 is 1.43 bits per heavy atom. The SMILES string of the molecule is CCOc1cc(F)cc(C#CCN)c1. The molecule has 74 valence electrons. The number of hydrogen-bond donors (Lipinski definition) is 1. The second-order valence-electron chi connectivity index (χ2n) is 2.61. The first-order valence-corrected chi connectivity index (χ1v) is 4.38. The molecule has 0 aliphatic rings. The molecule has 0 aliphatic heterocycles. The summed E-state index contributed by atoms with van der Waals surface area (Å²) in [7, 11) is 0. The zero-order chi connectivity index (χ0) is 10.4. The first kappa shape index (κ1) is 10.6. The fourth-order valence-corrected chi connectivity index (χ4v) is 1.04. The van der Waals surface area contributed by atoms with Gasteiger partial charge in [-0.05, 0) is 19.1 Å². The standard InChI is InChI=1S/C11H12FNO/c1-2-14-11-7-9(4-3-5-13)6-10(12)8-11/h6-8H,2,5,13H2,1H3. The minimum atomic E-state index is -0.350. The Bertz CT molecular complexity index is 365. The van der Waals surface area contributed by atoms with Crippen LogP contribution in [0.4, 0.5) is 4.39 Å². The van der Waals surface area contributed by atoms with Crippen molar-refractivity contribution < 1.29 is 9.13 Å². The molecule has 0 saturated heterocycles. The molecule has 1 aromatic rings. The van der Waals surface area contributed by atoms with E-state index in [2.05, 4.69) is 11.8 Å². The van der Waals surface area contributed by atoms with Crippen molar-refractivity contribution in [1.29, 1.82) is 0 Å². The molecule has 0 aliphatic carbocycles. The van der Waals surface area contributed by atoms with Crippen LogP contribution in [0.15, 0.2) is 18.2 Å². The van der Waals surface area contributed by atoms with Crippen LogP contribution in [0.25, 0.3) is 0 Å². The molecule has 1 aromatic carbocycles. The summed E-state index contributed by atoms with van der Waals surface area (Å²) in [6.45, 7) is 2.61. The van der Waals surface area contributed by atoms with Gasteiger partial charge < -0.3 is 10.5 Å². The van der Waals surface area contributed by atoms with Crippen molar-refractivity contribution in [3.63, 3.8) is 0 Å². The van der Waals surface area contributed by atoms with Gasteiger partial charge in [-0.2, -0.15) is 0 Å². The average molecular weight is 193 g/mol. The lowest BCUT2D eigenvalue weighted by Gasteiger charge is -2.03. The summed E-state index contributed by atoms with van der Waals surface area (Å²) in [5.74, 6) is 5.55. The van der Waals surface area contributed by atoms with Crippen molar-refractivity contribution >= 4 is 0 Å². The van der Waals surface area contributed by atoms with Gasteiger partial charge in [-0.15, -0.1) is 0 Å². The second kappa shape index (κ2) is 5.25. The zero-order valence-electron chi connectivity index (χ0n) is 8.01. The third-order valence-electron chi connectivity index (χ3n) is 1.52. The van der Waals surface area contributed by atoms with Gasteiger partial charge in [0.1, 0.15) is 11.6 Å². The molecule has 0 aromatic heterocycles. The Hall–Kier alpha value is -1.53. The third kappa shape index (κ3) is 3.08. The monoisotopic (exact) mass is 193 g/mol. The van der Waals surface area contributed by atoms with E-state index < -0.39 is 0 Å². The Morgan fingerprint density at radius 2 is 2.21 bits per heavy atom. The minimum Gasteiger partial charge on any atom is -0.494 e. The first-order valence-electron chi connectivity index (χ1n) is 4.38. The molecule has 0 atom stereocenters. The van der Waals surface area contributed by atoms with Gasteiger partial charge in [0.05, 0.1) is 13.2 Å². The Labute approximate surface area is 82.9 Å². The molecule has 0 spiro atoms. The van der Waals surface area contributed by atoms with E-state index in [1.54, 1.807) is 6.07 Å². The highest BCUT2D eigenvalue weighted by atomic mass is 19.1. The van der Waals surface area contributed by atoms with E-state index in [4.69, 9.17) is 10.5 Å². The molecule has 0 bridgehead atoms. The van der Waals surface area contributed by atoms with Crippen molar-refractivity contribution in [1.82, 2.24) is 0 Å². The topological polar surface area (TPSA) is 35.2 Å². The normalized spacial score (nSPS) is 9.07. The summed E-state index contributed by atoms with van der Waals surface area (Å²) in [5.41, 5.74) is 5.79. The zero-order valence-corrected chi connectivity index (χ0v) is 8.01. The number of hydrogen-bond acceptors (Lipinski definition) is 2. The van der Waals surface area contributed by atoms with E-state index >= 15 is 0 Å². The molecule has 14 heavy (non-hydrogen) atoms. The lowest BCUT2D eigenvalue weighted by molar-refractivity contribution is 0.338. The van der Waals surface area contributed by atoms with Crippen LogP contribution in [0.1, 0.15) is 12.5 Å². The largest absolute Gasteiger partial charge is 0.494 e.